The minimum Gasteiger partial charge on any atom is -0.507 e. The first-order chi connectivity index (χ1) is 10.1. The van der Waals surface area contributed by atoms with Crippen LogP contribution in [0.3, 0.4) is 0 Å². The second-order valence-corrected chi connectivity index (χ2v) is 6.07. The second kappa shape index (κ2) is 6.22. The highest BCUT2D eigenvalue weighted by atomic mass is 35.5. The van der Waals surface area contributed by atoms with Crippen LogP contribution in [0.1, 0.15) is 16.8 Å². The first kappa shape index (κ1) is 14.6. The highest BCUT2D eigenvalue weighted by molar-refractivity contribution is 6.31. The van der Waals surface area contributed by atoms with Gasteiger partial charge in [-0.25, -0.2) is 0 Å². The van der Waals surface area contributed by atoms with Crippen LogP contribution in [0.5, 0.6) is 5.75 Å². The summed E-state index contributed by atoms with van der Waals surface area (Å²) in [5.74, 6) is -0.147. The number of hydrogen-bond acceptors (Lipinski definition) is 4. The minimum absolute atomic E-state index is 0.00757. The quantitative estimate of drug-likeness (QED) is 0.861. The molecule has 2 aliphatic heterocycles. The Kier molecular flexibility index (Phi) is 4.33. The van der Waals surface area contributed by atoms with Gasteiger partial charge in [0.05, 0.1) is 5.56 Å². The van der Waals surface area contributed by atoms with E-state index in [1.165, 1.54) is 18.6 Å². The number of rotatable bonds is 2. The summed E-state index contributed by atoms with van der Waals surface area (Å²) < 4.78 is 0. The third-order valence-corrected chi connectivity index (χ3v) is 4.58. The number of aromatic hydroxyl groups is 1. The minimum atomic E-state index is -0.140. The number of phenols is 1. The van der Waals surface area contributed by atoms with E-state index in [2.05, 4.69) is 10.2 Å². The summed E-state index contributed by atoms with van der Waals surface area (Å²) in [5, 5.41) is 13.7. The molecule has 2 fully saturated rings. The molecule has 2 N–H and O–H groups in total. The smallest absolute Gasteiger partial charge is 0.257 e. The number of carbonyl (C=O) groups is 1. The summed E-state index contributed by atoms with van der Waals surface area (Å²) in [4.78, 5) is 16.7. The maximum absolute atomic E-state index is 12.5. The molecule has 0 bridgehead atoms. The molecule has 0 spiro atoms. The SMILES string of the molecule is O=C(c1cc(Cl)ccc1O)N1CCN([C@H]2CCNC2)CC1. The molecule has 21 heavy (non-hydrogen) atoms. The molecule has 1 atom stereocenters. The van der Waals surface area contributed by atoms with Gasteiger partial charge in [0.25, 0.3) is 5.91 Å². The molecule has 1 aromatic rings. The number of piperazine rings is 1. The lowest BCUT2D eigenvalue weighted by Gasteiger charge is -2.37. The standard InChI is InChI=1S/C15H20ClN3O2/c16-11-1-2-14(20)13(9-11)15(21)19-7-5-18(6-8-19)12-3-4-17-10-12/h1-2,9,12,17,20H,3-8,10H2/t12-/m0/s1. The Morgan fingerprint density at radius 3 is 2.71 bits per heavy atom. The van der Waals surface area contributed by atoms with E-state index in [0.717, 1.165) is 26.2 Å². The van der Waals surface area contributed by atoms with Crippen LogP contribution in [0, 0.1) is 0 Å². The first-order valence-corrected chi connectivity index (χ1v) is 7.75. The van der Waals surface area contributed by atoms with Crippen molar-refractivity contribution in [1.82, 2.24) is 15.1 Å². The Morgan fingerprint density at radius 2 is 2.05 bits per heavy atom. The number of hydrogen-bond donors (Lipinski definition) is 2. The van der Waals surface area contributed by atoms with E-state index in [1.807, 2.05) is 0 Å². The molecule has 0 saturated carbocycles. The highest BCUT2D eigenvalue weighted by Crippen LogP contribution is 2.23. The maximum atomic E-state index is 12.5. The largest absolute Gasteiger partial charge is 0.507 e. The molecular weight excluding hydrogens is 290 g/mol. The zero-order chi connectivity index (χ0) is 14.8. The third kappa shape index (κ3) is 3.15. The summed E-state index contributed by atoms with van der Waals surface area (Å²) in [7, 11) is 0. The van der Waals surface area contributed by atoms with Gasteiger partial charge in [0.1, 0.15) is 5.75 Å². The van der Waals surface area contributed by atoms with Crippen LogP contribution >= 0.6 is 11.6 Å². The van der Waals surface area contributed by atoms with Gasteiger partial charge in [0, 0.05) is 43.8 Å². The maximum Gasteiger partial charge on any atom is 0.257 e. The van der Waals surface area contributed by atoms with Crippen LogP contribution in [0.15, 0.2) is 18.2 Å². The number of nitrogens with one attached hydrogen (secondary N) is 1. The Bertz CT molecular complexity index is 524. The molecule has 0 aromatic heterocycles. The molecule has 0 radical (unpaired) electrons. The number of carbonyl (C=O) groups excluding carboxylic acids is 1. The van der Waals surface area contributed by atoms with Crippen LogP contribution in [-0.4, -0.2) is 66.1 Å². The van der Waals surface area contributed by atoms with Crippen molar-refractivity contribution in [2.24, 2.45) is 0 Å². The monoisotopic (exact) mass is 309 g/mol. The van der Waals surface area contributed by atoms with Crippen LogP contribution in [-0.2, 0) is 0 Å². The van der Waals surface area contributed by atoms with Gasteiger partial charge in [0.15, 0.2) is 0 Å². The lowest BCUT2D eigenvalue weighted by Crippen LogP contribution is -2.52. The predicted molar refractivity (Wildman–Crippen MR) is 81.9 cm³/mol. The Labute approximate surface area is 129 Å². The van der Waals surface area contributed by atoms with Crippen molar-refractivity contribution < 1.29 is 9.90 Å². The van der Waals surface area contributed by atoms with E-state index >= 15 is 0 Å². The van der Waals surface area contributed by atoms with E-state index < -0.39 is 0 Å². The molecule has 114 valence electrons. The zero-order valence-electron chi connectivity index (χ0n) is 11.9. The van der Waals surface area contributed by atoms with Gasteiger partial charge in [-0.2, -0.15) is 0 Å². The fourth-order valence-corrected chi connectivity index (χ4v) is 3.26. The molecule has 5 nitrogen and oxygen atoms in total. The van der Waals surface area contributed by atoms with Crippen molar-refractivity contribution in [2.75, 3.05) is 39.3 Å². The molecule has 2 saturated heterocycles. The van der Waals surface area contributed by atoms with Gasteiger partial charge in [0.2, 0.25) is 0 Å². The van der Waals surface area contributed by atoms with Gasteiger partial charge in [-0.3, -0.25) is 9.69 Å². The van der Waals surface area contributed by atoms with E-state index in [9.17, 15) is 9.90 Å². The summed E-state index contributed by atoms with van der Waals surface area (Å²) in [5.41, 5.74) is 0.290. The van der Waals surface area contributed by atoms with Crippen LogP contribution in [0.25, 0.3) is 0 Å². The van der Waals surface area contributed by atoms with Crippen molar-refractivity contribution in [2.45, 2.75) is 12.5 Å². The van der Waals surface area contributed by atoms with Crippen LogP contribution in [0.2, 0.25) is 5.02 Å². The van der Waals surface area contributed by atoms with Crippen molar-refractivity contribution in [3.63, 3.8) is 0 Å². The van der Waals surface area contributed by atoms with Crippen molar-refractivity contribution in [3.8, 4) is 5.75 Å². The lowest BCUT2D eigenvalue weighted by atomic mass is 10.1. The normalized spacial score (nSPS) is 23.5. The number of amides is 1. The molecule has 0 aliphatic carbocycles. The van der Waals surface area contributed by atoms with Gasteiger partial charge < -0.3 is 15.3 Å². The van der Waals surface area contributed by atoms with E-state index in [1.54, 1.807) is 11.0 Å². The van der Waals surface area contributed by atoms with Crippen molar-refractivity contribution in [1.29, 1.82) is 0 Å². The molecule has 2 heterocycles. The summed E-state index contributed by atoms with van der Waals surface area (Å²) in [6.45, 7) is 5.30. The molecule has 0 unspecified atom stereocenters. The lowest BCUT2D eigenvalue weighted by molar-refractivity contribution is 0.0581. The number of phenolic OH excluding ortho intramolecular Hbond substituents is 1. The average Bonchev–Trinajstić information content (AvgIpc) is 3.03. The van der Waals surface area contributed by atoms with Gasteiger partial charge in [-0.05, 0) is 31.2 Å². The Balaban J connectivity index is 1.63. The zero-order valence-corrected chi connectivity index (χ0v) is 12.6. The molecule has 1 aromatic carbocycles. The van der Waals surface area contributed by atoms with Gasteiger partial charge in [-0.1, -0.05) is 11.6 Å². The summed E-state index contributed by atoms with van der Waals surface area (Å²) in [6.07, 6.45) is 1.18. The summed E-state index contributed by atoms with van der Waals surface area (Å²) >= 11 is 5.91. The predicted octanol–water partition coefficient (Wildman–Crippen LogP) is 1.17. The highest BCUT2D eigenvalue weighted by Gasteiger charge is 2.28. The first-order valence-electron chi connectivity index (χ1n) is 7.38. The number of halogens is 1. The molecule has 1 amide bonds. The Hall–Kier alpha value is -1.30. The molecule has 6 heteroatoms. The van der Waals surface area contributed by atoms with Crippen LogP contribution in [0.4, 0.5) is 0 Å². The second-order valence-electron chi connectivity index (χ2n) is 5.64. The molecular formula is C15H20ClN3O2. The average molecular weight is 310 g/mol. The molecule has 2 aliphatic rings. The van der Waals surface area contributed by atoms with Crippen molar-refractivity contribution >= 4 is 17.5 Å². The van der Waals surface area contributed by atoms with Gasteiger partial charge >= 0.3 is 0 Å². The topological polar surface area (TPSA) is 55.8 Å². The van der Waals surface area contributed by atoms with E-state index in [-0.39, 0.29) is 11.7 Å². The van der Waals surface area contributed by atoms with Crippen molar-refractivity contribution in [3.05, 3.63) is 28.8 Å². The Morgan fingerprint density at radius 1 is 1.29 bits per heavy atom. The number of benzene rings is 1. The van der Waals surface area contributed by atoms with E-state index in [4.69, 9.17) is 11.6 Å². The number of nitrogens with zero attached hydrogens (tertiary/aromatic N) is 2. The van der Waals surface area contributed by atoms with E-state index in [0.29, 0.717) is 29.7 Å². The van der Waals surface area contributed by atoms with Gasteiger partial charge in [-0.15, -0.1) is 0 Å². The third-order valence-electron chi connectivity index (χ3n) is 4.34. The fourth-order valence-electron chi connectivity index (χ4n) is 3.09. The summed E-state index contributed by atoms with van der Waals surface area (Å²) in [6, 6.07) is 5.18. The van der Waals surface area contributed by atoms with Crippen LogP contribution < -0.4 is 5.32 Å². The molecule has 3 rings (SSSR count). The fraction of sp³-hybridized carbons (Fsp3) is 0.533.